The van der Waals surface area contributed by atoms with Gasteiger partial charge in [-0.05, 0) is 31.6 Å². The zero-order valence-electron chi connectivity index (χ0n) is 14.6. The van der Waals surface area contributed by atoms with Crippen molar-refractivity contribution in [2.75, 3.05) is 26.8 Å². The highest BCUT2D eigenvalue weighted by atomic mass is 16.5. The Morgan fingerprint density at radius 1 is 1.39 bits per heavy atom. The van der Waals surface area contributed by atoms with Crippen molar-refractivity contribution in [3.8, 4) is 0 Å². The predicted octanol–water partition coefficient (Wildman–Crippen LogP) is 1.47. The first-order valence-electron chi connectivity index (χ1n) is 8.54. The lowest BCUT2D eigenvalue weighted by Crippen LogP contribution is -2.43. The highest BCUT2D eigenvalue weighted by Crippen LogP contribution is 2.40. The molecule has 0 bridgehead atoms. The minimum Gasteiger partial charge on any atom is -0.382 e. The van der Waals surface area contributed by atoms with E-state index in [1.807, 2.05) is 11.6 Å². The summed E-state index contributed by atoms with van der Waals surface area (Å²) in [5, 5.41) is 14.8. The van der Waals surface area contributed by atoms with Crippen LogP contribution >= 0.6 is 0 Å². The molecule has 0 radical (unpaired) electrons. The average Bonchev–Trinajstić information content (AvgIpc) is 3.18. The first-order valence-corrected chi connectivity index (χ1v) is 8.54. The van der Waals surface area contributed by atoms with Crippen LogP contribution in [-0.2, 0) is 18.3 Å². The third-order valence-electron chi connectivity index (χ3n) is 4.72. The molecule has 0 aliphatic heterocycles. The Balaban J connectivity index is 1.81. The molecule has 1 heterocycles. The van der Waals surface area contributed by atoms with Gasteiger partial charge in [-0.15, -0.1) is 10.2 Å². The van der Waals surface area contributed by atoms with Crippen molar-refractivity contribution in [3.05, 3.63) is 12.2 Å². The van der Waals surface area contributed by atoms with Crippen molar-refractivity contribution in [1.29, 1.82) is 0 Å². The Morgan fingerprint density at radius 2 is 2.17 bits per heavy atom. The lowest BCUT2D eigenvalue weighted by molar-refractivity contribution is 0.105. The quantitative estimate of drug-likeness (QED) is 0.430. The molecule has 0 saturated heterocycles. The zero-order chi connectivity index (χ0) is 16.5. The molecular weight excluding hydrogens is 292 g/mol. The molecule has 0 amide bonds. The second kappa shape index (κ2) is 8.86. The van der Waals surface area contributed by atoms with Gasteiger partial charge in [0, 0.05) is 33.9 Å². The van der Waals surface area contributed by atoms with E-state index >= 15 is 0 Å². The van der Waals surface area contributed by atoms with Gasteiger partial charge in [0.15, 0.2) is 11.8 Å². The molecule has 1 aliphatic rings. The molecule has 0 spiro atoms. The number of aliphatic imine (C=N–C) groups is 1. The summed E-state index contributed by atoms with van der Waals surface area (Å²) < 4.78 is 7.48. The summed E-state index contributed by atoms with van der Waals surface area (Å²) >= 11 is 0. The Kier molecular flexibility index (Phi) is 6.83. The zero-order valence-corrected chi connectivity index (χ0v) is 14.6. The molecule has 1 aromatic heterocycles. The number of nitrogens with one attached hydrogen (secondary N) is 2. The molecular formula is C16H30N6O. The average molecular weight is 322 g/mol. The summed E-state index contributed by atoms with van der Waals surface area (Å²) in [4.78, 5) is 4.31. The fraction of sp³-hybridized carbons (Fsp3) is 0.812. The molecule has 0 atom stereocenters. The van der Waals surface area contributed by atoms with Gasteiger partial charge in [0.05, 0.1) is 6.54 Å². The van der Waals surface area contributed by atoms with Gasteiger partial charge in [-0.2, -0.15) is 0 Å². The molecule has 2 rings (SSSR count). The van der Waals surface area contributed by atoms with Crippen LogP contribution in [0.15, 0.2) is 11.3 Å². The highest BCUT2D eigenvalue weighted by molar-refractivity contribution is 5.79. The van der Waals surface area contributed by atoms with Crippen LogP contribution in [0.5, 0.6) is 0 Å². The van der Waals surface area contributed by atoms with Gasteiger partial charge in [-0.3, -0.25) is 4.99 Å². The van der Waals surface area contributed by atoms with E-state index in [1.165, 1.54) is 25.7 Å². The maximum Gasteiger partial charge on any atom is 0.191 e. The second-order valence-corrected chi connectivity index (χ2v) is 6.29. The van der Waals surface area contributed by atoms with Crippen LogP contribution in [-0.4, -0.2) is 47.5 Å². The molecule has 7 heteroatoms. The Hall–Kier alpha value is -1.63. The molecule has 1 fully saturated rings. The Bertz CT molecular complexity index is 493. The first kappa shape index (κ1) is 17.7. The number of hydrogen-bond acceptors (Lipinski definition) is 4. The monoisotopic (exact) mass is 322 g/mol. The predicted molar refractivity (Wildman–Crippen MR) is 91.2 cm³/mol. The van der Waals surface area contributed by atoms with E-state index in [1.54, 1.807) is 13.4 Å². The molecule has 0 unspecified atom stereocenters. The number of guanidine groups is 1. The van der Waals surface area contributed by atoms with Crippen molar-refractivity contribution < 1.29 is 4.74 Å². The normalized spacial score (nSPS) is 17.4. The molecule has 0 aromatic carbocycles. The highest BCUT2D eigenvalue weighted by Gasteiger charge is 2.33. The minimum absolute atomic E-state index is 0.345. The third kappa shape index (κ3) is 5.20. The standard InChI is InChI=1S/C16H30N6O/c1-4-23-10-9-16(7-5-6-8-16)12-19-15(17-2)18-11-14-21-20-13-22(14)3/h13H,4-12H2,1-3H3,(H2,17,18,19). The number of aromatic nitrogens is 3. The Labute approximate surface area is 138 Å². The molecule has 1 aromatic rings. The number of rotatable bonds is 8. The van der Waals surface area contributed by atoms with Gasteiger partial charge >= 0.3 is 0 Å². The number of ether oxygens (including phenoxy) is 1. The molecule has 7 nitrogen and oxygen atoms in total. The summed E-state index contributed by atoms with van der Waals surface area (Å²) in [5.74, 6) is 1.70. The van der Waals surface area contributed by atoms with Gasteiger partial charge < -0.3 is 19.9 Å². The van der Waals surface area contributed by atoms with E-state index in [9.17, 15) is 0 Å². The second-order valence-electron chi connectivity index (χ2n) is 6.29. The molecule has 2 N–H and O–H groups in total. The minimum atomic E-state index is 0.345. The number of hydrogen-bond donors (Lipinski definition) is 2. The molecule has 1 saturated carbocycles. The van der Waals surface area contributed by atoms with Crippen molar-refractivity contribution in [1.82, 2.24) is 25.4 Å². The van der Waals surface area contributed by atoms with Crippen molar-refractivity contribution in [2.45, 2.75) is 45.6 Å². The fourth-order valence-electron chi connectivity index (χ4n) is 3.19. The maximum absolute atomic E-state index is 5.57. The molecule has 130 valence electrons. The van der Waals surface area contributed by atoms with Crippen LogP contribution in [0, 0.1) is 5.41 Å². The summed E-state index contributed by atoms with van der Waals surface area (Å²) in [5.41, 5.74) is 0.345. The van der Waals surface area contributed by atoms with E-state index < -0.39 is 0 Å². The van der Waals surface area contributed by atoms with Crippen LogP contribution in [0.4, 0.5) is 0 Å². The van der Waals surface area contributed by atoms with E-state index in [0.717, 1.165) is 38.0 Å². The van der Waals surface area contributed by atoms with Gasteiger partial charge in [0.1, 0.15) is 6.33 Å². The molecule has 23 heavy (non-hydrogen) atoms. The van der Waals surface area contributed by atoms with Crippen molar-refractivity contribution in [2.24, 2.45) is 17.5 Å². The SMILES string of the molecule is CCOCCC1(CNC(=NC)NCc2nncn2C)CCCC1. The van der Waals surface area contributed by atoms with Crippen LogP contribution < -0.4 is 10.6 Å². The van der Waals surface area contributed by atoms with Crippen LogP contribution in [0.1, 0.15) is 44.9 Å². The number of nitrogens with zero attached hydrogens (tertiary/aromatic N) is 4. The molecule has 1 aliphatic carbocycles. The summed E-state index contributed by atoms with van der Waals surface area (Å²) in [6, 6.07) is 0. The third-order valence-corrected chi connectivity index (χ3v) is 4.72. The largest absolute Gasteiger partial charge is 0.382 e. The van der Waals surface area contributed by atoms with Gasteiger partial charge in [0.25, 0.3) is 0 Å². The van der Waals surface area contributed by atoms with Crippen molar-refractivity contribution >= 4 is 5.96 Å². The van der Waals surface area contributed by atoms with Gasteiger partial charge in [-0.1, -0.05) is 12.8 Å². The van der Waals surface area contributed by atoms with Crippen LogP contribution in [0.25, 0.3) is 0 Å². The summed E-state index contributed by atoms with van der Waals surface area (Å²) in [6.07, 6.45) is 8.00. The van der Waals surface area contributed by atoms with Gasteiger partial charge in [0.2, 0.25) is 0 Å². The lowest BCUT2D eigenvalue weighted by atomic mass is 9.83. The summed E-state index contributed by atoms with van der Waals surface area (Å²) in [6.45, 7) is 5.26. The van der Waals surface area contributed by atoms with Crippen molar-refractivity contribution in [3.63, 3.8) is 0 Å². The van der Waals surface area contributed by atoms with E-state index in [-0.39, 0.29) is 0 Å². The van der Waals surface area contributed by atoms with Crippen LogP contribution in [0.3, 0.4) is 0 Å². The lowest BCUT2D eigenvalue weighted by Gasteiger charge is -2.30. The Morgan fingerprint density at radius 3 is 2.78 bits per heavy atom. The maximum atomic E-state index is 5.57. The topological polar surface area (TPSA) is 76.4 Å². The van der Waals surface area contributed by atoms with E-state index in [0.29, 0.717) is 12.0 Å². The number of aryl methyl sites for hydroxylation is 1. The fourth-order valence-corrected chi connectivity index (χ4v) is 3.19. The van der Waals surface area contributed by atoms with Gasteiger partial charge in [-0.25, -0.2) is 0 Å². The van der Waals surface area contributed by atoms with E-state index in [2.05, 4.69) is 32.7 Å². The first-order chi connectivity index (χ1) is 11.2. The van der Waals surface area contributed by atoms with E-state index in [4.69, 9.17) is 4.74 Å². The van der Waals surface area contributed by atoms with Crippen LogP contribution in [0.2, 0.25) is 0 Å². The smallest absolute Gasteiger partial charge is 0.191 e. The summed E-state index contributed by atoms with van der Waals surface area (Å²) in [7, 11) is 3.74.